The molecule has 1 fully saturated rings. The van der Waals surface area contributed by atoms with Crippen molar-refractivity contribution in [1.82, 2.24) is 0 Å². The standard InChI is InChI=1S/C62H67BN2S/c1-57(2,3)40-18-21-42(22-19-40)64-50-25-20-41(58(4,5)6)34-49(50)63-54-51(64)32-39(38-16-14-13-15-17-38)33-52(54)65(43-23-24-45-46(35-43)60(9,10)27-26-59(45,7)8)55-44-36-47-48(37-53(44)66-56(55)63)62(12)30-28-61(47,11)29-31-62/h13-25,32-37H,26-31H2,1-12H3. The van der Waals surface area contributed by atoms with Crippen LogP contribution in [0.1, 0.15) is 155 Å². The van der Waals surface area contributed by atoms with Crippen molar-refractivity contribution >= 4 is 78.0 Å². The predicted octanol–water partition coefficient (Wildman–Crippen LogP) is 15.7. The van der Waals surface area contributed by atoms with E-state index >= 15 is 0 Å². The summed E-state index contributed by atoms with van der Waals surface area (Å²) in [5.74, 6) is 0. The molecule has 6 aliphatic rings. The number of thiophene rings is 1. The molecule has 334 valence electrons. The van der Waals surface area contributed by atoms with Gasteiger partial charge in [-0.1, -0.05) is 144 Å². The molecule has 3 heterocycles. The van der Waals surface area contributed by atoms with E-state index in [2.05, 4.69) is 219 Å². The Morgan fingerprint density at radius 2 is 1.06 bits per heavy atom. The van der Waals surface area contributed by atoms with E-state index in [1.54, 1.807) is 11.1 Å². The number of nitrogens with zero attached hydrogens (tertiary/aromatic N) is 2. The lowest BCUT2D eigenvalue weighted by Gasteiger charge is -2.52. The molecule has 2 bridgehead atoms. The first-order valence-corrected chi connectivity index (χ1v) is 25.8. The Balaban J connectivity index is 1.22. The van der Waals surface area contributed by atoms with Crippen LogP contribution in [0.4, 0.5) is 34.1 Å². The van der Waals surface area contributed by atoms with Crippen LogP contribution in [-0.4, -0.2) is 6.71 Å². The summed E-state index contributed by atoms with van der Waals surface area (Å²) in [5, 5.41) is 1.43. The van der Waals surface area contributed by atoms with Gasteiger partial charge in [0, 0.05) is 43.3 Å². The Labute approximate surface area is 399 Å². The summed E-state index contributed by atoms with van der Waals surface area (Å²) in [4.78, 5) is 5.37. The number of hydrogen-bond acceptors (Lipinski definition) is 3. The molecule has 4 aliphatic carbocycles. The van der Waals surface area contributed by atoms with E-state index in [0.717, 1.165) is 0 Å². The molecule has 4 heteroatoms. The lowest BCUT2D eigenvalue weighted by atomic mass is 9.36. The van der Waals surface area contributed by atoms with Crippen LogP contribution in [0.25, 0.3) is 21.2 Å². The van der Waals surface area contributed by atoms with Crippen LogP contribution in [0, 0.1) is 0 Å². The summed E-state index contributed by atoms with van der Waals surface area (Å²) in [6, 6.07) is 46.1. The molecule has 0 saturated heterocycles. The maximum Gasteiger partial charge on any atom is 0.264 e. The average molecular weight is 883 g/mol. The summed E-state index contributed by atoms with van der Waals surface area (Å²) in [6.45, 7) is 29.2. The van der Waals surface area contributed by atoms with E-state index in [1.807, 2.05) is 0 Å². The number of benzene rings is 6. The lowest BCUT2D eigenvalue weighted by molar-refractivity contribution is 0.188. The van der Waals surface area contributed by atoms with E-state index in [9.17, 15) is 0 Å². The Hall–Kier alpha value is -5.06. The highest BCUT2D eigenvalue weighted by Gasteiger charge is 2.50. The molecule has 0 radical (unpaired) electrons. The summed E-state index contributed by atoms with van der Waals surface area (Å²) in [6.07, 6.45) is 7.51. The van der Waals surface area contributed by atoms with Crippen molar-refractivity contribution in [2.75, 3.05) is 9.80 Å². The van der Waals surface area contributed by atoms with Crippen molar-refractivity contribution in [1.29, 1.82) is 0 Å². The Morgan fingerprint density at radius 3 is 1.70 bits per heavy atom. The molecule has 0 amide bonds. The van der Waals surface area contributed by atoms with Gasteiger partial charge in [-0.2, -0.15) is 0 Å². The zero-order valence-corrected chi connectivity index (χ0v) is 42.4. The zero-order chi connectivity index (χ0) is 46.1. The maximum atomic E-state index is 2.75. The molecule has 66 heavy (non-hydrogen) atoms. The fourth-order valence-electron chi connectivity index (χ4n) is 13.1. The summed E-state index contributed by atoms with van der Waals surface area (Å²) in [5.41, 5.74) is 22.7. The predicted molar refractivity (Wildman–Crippen MR) is 287 cm³/mol. The third-order valence-electron chi connectivity index (χ3n) is 17.6. The molecular formula is C62H67BN2S. The van der Waals surface area contributed by atoms with Crippen LogP contribution < -0.4 is 25.5 Å². The van der Waals surface area contributed by atoms with Crippen LogP contribution in [0.2, 0.25) is 0 Å². The molecule has 0 spiro atoms. The average Bonchev–Trinajstić information content (AvgIpc) is 3.66. The monoisotopic (exact) mass is 883 g/mol. The molecule has 6 aromatic carbocycles. The van der Waals surface area contributed by atoms with Gasteiger partial charge >= 0.3 is 0 Å². The van der Waals surface area contributed by atoms with Crippen molar-refractivity contribution < 1.29 is 0 Å². The number of fused-ring (bicyclic) bond motifs is 9. The van der Waals surface area contributed by atoms with Crippen LogP contribution in [0.3, 0.4) is 0 Å². The van der Waals surface area contributed by atoms with E-state index < -0.39 is 0 Å². The molecule has 7 aromatic rings. The molecule has 2 aliphatic heterocycles. The van der Waals surface area contributed by atoms with Gasteiger partial charge in [0.05, 0.1) is 5.69 Å². The molecule has 2 nitrogen and oxygen atoms in total. The summed E-state index contributed by atoms with van der Waals surface area (Å²) < 4.78 is 2.91. The number of rotatable bonds is 3. The smallest absolute Gasteiger partial charge is 0.264 e. The quantitative estimate of drug-likeness (QED) is 0.163. The van der Waals surface area contributed by atoms with Gasteiger partial charge in [0.1, 0.15) is 0 Å². The van der Waals surface area contributed by atoms with Crippen molar-refractivity contribution in [2.24, 2.45) is 0 Å². The molecule has 0 unspecified atom stereocenters. The first-order chi connectivity index (χ1) is 31.2. The van der Waals surface area contributed by atoms with Crippen molar-refractivity contribution in [3.63, 3.8) is 0 Å². The SMILES string of the molecule is CC(C)(C)c1ccc(N2c3ccc(C(C)(C)C)cc3B3c4sc5cc6c(cc5c4N(c4ccc5c(c4)C(C)(C)CCC5(C)C)c4cc(-c5ccccc5)cc2c43)C2(C)CCC6(C)CC2)cc1. The van der Waals surface area contributed by atoms with Gasteiger partial charge < -0.3 is 9.80 Å². The van der Waals surface area contributed by atoms with Gasteiger partial charge in [0.2, 0.25) is 0 Å². The van der Waals surface area contributed by atoms with Crippen LogP contribution in [0.15, 0.2) is 115 Å². The fraction of sp³-hybridized carbons (Fsp3) is 0.387. The Morgan fingerprint density at radius 1 is 0.485 bits per heavy atom. The number of anilines is 6. The minimum Gasteiger partial charge on any atom is -0.311 e. The first-order valence-electron chi connectivity index (χ1n) is 25.0. The van der Waals surface area contributed by atoms with Gasteiger partial charge in [-0.25, -0.2) is 0 Å². The molecule has 0 N–H and O–H groups in total. The molecule has 0 atom stereocenters. The highest BCUT2D eigenvalue weighted by molar-refractivity contribution is 7.33. The number of hydrogen-bond donors (Lipinski definition) is 0. The summed E-state index contributed by atoms with van der Waals surface area (Å²) >= 11 is 2.08. The van der Waals surface area contributed by atoms with Crippen molar-refractivity contribution in [2.45, 2.75) is 154 Å². The van der Waals surface area contributed by atoms with Crippen molar-refractivity contribution in [3.05, 3.63) is 149 Å². The molecule has 1 saturated carbocycles. The van der Waals surface area contributed by atoms with E-state index in [4.69, 9.17) is 0 Å². The highest BCUT2D eigenvalue weighted by atomic mass is 32.1. The van der Waals surface area contributed by atoms with Crippen molar-refractivity contribution in [3.8, 4) is 11.1 Å². The van der Waals surface area contributed by atoms with Crippen LogP contribution in [-0.2, 0) is 32.5 Å². The van der Waals surface area contributed by atoms with E-state index in [0.29, 0.717) is 0 Å². The first kappa shape index (κ1) is 42.3. The van der Waals surface area contributed by atoms with Gasteiger partial charge in [0.25, 0.3) is 6.71 Å². The molecule has 1 aromatic heterocycles. The summed E-state index contributed by atoms with van der Waals surface area (Å²) in [7, 11) is 0. The van der Waals surface area contributed by atoms with Gasteiger partial charge in [-0.05, 0) is 181 Å². The Kier molecular flexibility index (Phi) is 8.83. The fourth-order valence-corrected chi connectivity index (χ4v) is 14.4. The Bertz CT molecular complexity index is 3140. The molecular weight excluding hydrogens is 816 g/mol. The van der Waals surface area contributed by atoms with E-state index in [-0.39, 0.29) is 39.2 Å². The van der Waals surface area contributed by atoms with Gasteiger partial charge in [-0.3, -0.25) is 0 Å². The topological polar surface area (TPSA) is 6.48 Å². The third kappa shape index (κ3) is 6.11. The minimum absolute atomic E-state index is 0.00881. The van der Waals surface area contributed by atoms with E-state index in [1.165, 1.54) is 132 Å². The second-order valence-corrected chi connectivity index (χ2v) is 26.1. The van der Waals surface area contributed by atoms with Crippen LogP contribution in [0.5, 0.6) is 0 Å². The maximum absolute atomic E-state index is 2.75. The second kappa shape index (κ2) is 13.8. The van der Waals surface area contributed by atoms with Crippen LogP contribution >= 0.6 is 11.3 Å². The molecule has 13 rings (SSSR count). The van der Waals surface area contributed by atoms with Gasteiger partial charge in [0.15, 0.2) is 0 Å². The lowest BCUT2D eigenvalue weighted by Crippen LogP contribution is -2.60. The normalized spacial score (nSPS) is 22.2. The third-order valence-corrected chi connectivity index (χ3v) is 18.8. The second-order valence-electron chi connectivity index (χ2n) is 25.0. The van der Waals surface area contributed by atoms with Gasteiger partial charge in [-0.15, -0.1) is 11.3 Å². The minimum atomic E-state index is -0.00881. The highest BCUT2D eigenvalue weighted by Crippen LogP contribution is 2.59. The zero-order valence-electron chi connectivity index (χ0n) is 41.6. The largest absolute Gasteiger partial charge is 0.311 e.